The molecule has 0 unspecified atom stereocenters. The maximum Gasteiger partial charge on any atom is 0.268 e. The predicted molar refractivity (Wildman–Crippen MR) is 82.5 cm³/mol. The van der Waals surface area contributed by atoms with Gasteiger partial charge in [-0.25, -0.2) is 0 Å². The third kappa shape index (κ3) is 1.75. The minimum atomic E-state index is 0.257. The molecule has 3 nitrogen and oxygen atoms in total. The van der Waals surface area contributed by atoms with Crippen molar-refractivity contribution in [1.29, 1.82) is 0 Å². The molecule has 114 valence electrons. The highest BCUT2D eigenvalue weighted by Gasteiger charge is 2.53. The lowest BCUT2D eigenvalue weighted by Gasteiger charge is -2.56. The van der Waals surface area contributed by atoms with Crippen LogP contribution in [0.15, 0.2) is 4.79 Å². The fraction of sp³-hybridized carbons (Fsp3) is 0.833. The van der Waals surface area contributed by atoms with E-state index in [1.807, 2.05) is 0 Å². The van der Waals surface area contributed by atoms with Crippen molar-refractivity contribution in [3.63, 3.8) is 0 Å². The maximum atomic E-state index is 12.8. The van der Waals surface area contributed by atoms with Crippen molar-refractivity contribution >= 4 is 0 Å². The van der Waals surface area contributed by atoms with Crippen molar-refractivity contribution in [3.8, 4) is 0 Å². The van der Waals surface area contributed by atoms with Crippen LogP contribution in [-0.2, 0) is 18.4 Å². The van der Waals surface area contributed by atoms with E-state index < -0.39 is 0 Å². The Morgan fingerprint density at radius 2 is 1.62 bits per heavy atom. The van der Waals surface area contributed by atoms with Crippen molar-refractivity contribution in [1.82, 2.24) is 9.78 Å². The molecule has 1 aromatic rings. The van der Waals surface area contributed by atoms with E-state index in [-0.39, 0.29) is 11.0 Å². The molecule has 4 saturated carbocycles. The van der Waals surface area contributed by atoms with Crippen molar-refractivity contribution < 1.29 is 0 Å². The molecule has 1 aromatic heterocycles. The van der Waals surface area contributed by atoms with Crippen molar-refractivity contribution in [2.45, 2.75) is 76.2 Å². The van der Waals surface area contributed by atoms with Crippen molar-refractivity contribution in [3.05, 3.63) is 21.6 Å². The van der Waals surface area contributed by atoms with Crippen molar-refractivity contribution in [2.24, 2.45) is 17.8 Å². The summed E-state index contributed by atoms with van der Waals surface area (Å²) in [7, 11) is 0. The second-order valence-corrected chi connectivity index (χ2v) is 8.42. The second-order valence-electron chi connectivity index (χ2n) is 8.42. The summed E-state index contributed by atoms with van der Waals surface area (Å²) in [5.74, 6) is 2.74. The van der Waals surface area contributed by atoms with E-state index in [4.69, 9.17) is 0 Å². The van der Waals surface area contributed by atoms with E-state index in [0.717, 1.165) is 30.7 Å². The van der Waals surface area contributed by atoms with Crippen molar-refractivity contribution in [2.75, 3.05) is 0 Å². The zero-order valence-electron chi connectivity index (χ0n) is 12.9. The molecule has 1 aliphatic heterocycles. The summed E-state index contributed by atoms with van der Waals surface area (Å²) in [5.41, 5.74) is 3.14. The Balaban J connectivity index is 1.64. The topological polar surface area (TPSA) is 37.8 Å². The Morgan fingerprint density at radius 3 is 2.29 bits per heavy atom. The van der Waals surface area contributed by atoms with Gasteiger partial charge in [-0.05, 0) is 75.5 Å². The third-order valence-electron chi connectivity index (χ3n) is 6.94. The first-order chi connectivity index (χ1) is 10.2. The Kier molecular flexibility index (Phi) is 2.55. The summed E-state index contributed by atoms with van der Waals surface area (Å²) in [6.07, 6.45) is 13.2. The summed E-state index contributed by atoms with van der Waals surface area (Å²) in [6.45, 7) is 1.02. The molecule has 4 fully saturated rings. The molecule has 21 heavy (non-hydrogen) atoms. The molecule has 0 spiro atoms. The highest BCUT2D eigenvalue weighted by molar-refractivity contribution is 5.32. The fourth-order valence-corrected chi connectivity index (χ4v) is 6.67. The van der Waals surface area contributed by atoms with Crippen LogP contribution in [0, 0.1) is 17.8 Å². The Bertz CT molecular complexity index is 588. The minimum Gasteiger partial charge on any atom is -0.289 e. The van der Waals surface area contributed by atoms with E-state index in [9.17, 15) is 4.79 Å². The number of rotatable bonds is 1. The molecule has 0 atom stereocenters. The van der Waals surface area contributed by atoms with Gasteiger partial charge in [-0.15, -0.1) is 0 Å². The number of nitrogens with zero attached hydrogens (tertiary/aromatic N) is 1. The highest BCUT2D eigenvalue weighted by Crippen LogP contribution is 2.60. The van der Waals surface area contributed by atoms with Gasteiger partial charge in [0, 0.05) is 23.2 Å². The molecule has 3 heteroatoms. The van der Waals surface area contributed by atoms with E-state index in [1.54, 1.807) is 0 Å². The standard InChI is InChI=1S/C18H26N2O/c21-17-16(15-4-2-1-3-5-20(15)19-17)18-9-12-6-13(10-18)8-14(7-12)11-18/h12-14H,1-11H2,(H,19,21). The van der Waals surface area contributed by atoms with Gasteiger partial charge in [-0.2, -0.15) is 0 Å². The molecule has 0 amide bonds. The fourth-order valence-electron chi connectivity index (χ4n) is 6.67. The Labute approximate surface area is 126 Å². The smallest absolute Gasteiger partial charge is 0.268 e. The molecular formula is C18H26N2O. The van der Waals surface area contributed by atoms with E-state index in [0.29, 0.717) is 0 Å². The first-order valence-electron chi connectivity index (χ1n) is 9.06. The quantitative estimate of drug-likeness (QED) is 0.844. The summed E-state index contributed by atoms with van der Waals surface area (Å²) in [4.78, 5) is 12.8. The number of nitrogens with one attached hydrogen (secondary N) is 1. The van der Waals surface area contributed by atoms with Crippen LogP contribution in [0.1, 0.15) is 69.0 Å². The number of H-pyrrole nitrogens is 1. The summed E-state index contributed by atoms with van der Waals surface area (Å²) >= 11 is 0. The average molecular weight is 286 g/mol. The van der Waals surface area contributed by atoms with Crippen LogP contribution in [0.2, 0.25) is 0 Å². The third-order valence-corrected chi connectivity index (χ3v) is 6.94. The van der Waals surface area contributed by atoms with Gasteiger partial charge < -0.3 is 0 Å². The number of fused-ring (bicyclic) bond motifs is 1. The molecule has 0 saturated heterocycles. The van der Waals surface area contributed by atoms with Gasteiger partial charge in [0.15, 0.2) is 0 Å². The molecule has 4 bridgehead atoms. The van der Waals surface area contributed by atoms with Crippen LogP contribution in [-0.4, -0.2) is 9.78 Å². The lowest BCUT2D eigenvalue weighted by molar-refractivity contribution is -0.00607. The maximum absolute atomic E-state index is 12.8. The van der Waals surface area contributed by atoms with E-state index >= 15 is 0 Å². The molecule has 6 rings (SSSR count). The van der Waals surface area contributed by atoms with Crippen LogP contribution < -0.4 is 5.56 Å². The first-order valence-corrected chi connectivity index (χ1v) is 9.06. The second kappa shape index (κ2) is 4.27. The predicted octanol–water partition coefficient (Wildman–Crippen LogP) is 3.37. The van der Waals surface area contributed by atoms with Gasteiger partial charge in [0.1, 0.15) is 0 Å². The Morgan fingerprint density at radius 1 is 0.952 bits per heavy atom. The summed E-state index contributed by atoms with van der Waals surface area (Å²) < 4.78 is 2.21. The van der Waals surface area contributed by atoms with Gasteiger partial charge >= 0.3 is 0 Å². The largest absolute Gasteiger partial charge is 0.289 e. The molecule has 5 aliphatic rings. The molecule has 0 aromatic carbocycles. The van der Waals surface area contributed by atoms with Gasteiger partial charge in [0.05, 0.1) is 0 Å². The lowest BCUT2D eigenvalue weighted by atomic mass is 9.48. The number of aromatic amines is 1. The van der Waals surface area contributed by atoms with Crippen LogP contribution in [0.4, 0.5) is 0 Å². The zero-order chi connectivity index (χ0) is 14.0. The van der Waals surface area contributed by atoms with Gasteiger partial charge in [-0.1, -0.05) is 6.42 Å². The first kappa shape index (κ1) is 12.5. The molecule has 4 aliphatic carbocycles. The molecular weight excluding hydrogens is 260 g/mol. The summed E-state index contributed by atoms with van der Waals surface area (Å²) in [5, 5.41) is 3.19. The SMILES string of the molecule is O=c1[nH]n2c(c1C13CC4CC(CC(C4)C1)C3)CCCCC2. The lowest BCUT2D eigenvalue weighted by Crippen LogP contribution is -2.50. The van der Waals surface area contributed by atoms with Crippen LogP contribution in [0.3, 0.4) is 0 Å². The molecule has 0 radical (unpaired) electrons. The van der Waals surface area contributed by atoms with Gasteiger partial charge in [0.2, 0.25) is 0 Å². The summed E-state index contributed by atoms with van der Waals surface area (Å²) in [6, 6.07) is 0. The number of aromatic nitrogens is 2. The van der Waals surface area contributed by atoms with E-state index in [1.165, 1.54) is 69.0 Å². The monoisotopic (exact) mass is 286 g/mol. The van der Waals surface area contributed by atoms with E-state index in [2.05, 4.69) is 9.78 Å². The van der Waals surface area contributed by atoms with Crippen LogP contribution in [0.5, 0.6) is 0 Å². The number of aryl methyl sites for hydroxylation is 1. The van der Waals surface area contributed by atoms with Crippen LogP contribution >= 0.6 is 0 Å². The number of hydrogen-bond acceptors (Lipinski definition) is 1. The number of hydrogen-bond donors (Lipinski definition) is 1. The molecule has 2 heterocycles. The normalized spacial score (nSPS) is 41.0. The average Bonchev–Trinajstić information content (AvgIpc) is 2.59. The molecule has 1 N–H and O–H groups in total. The highest BCUT2D eigenvalue weighted by atomic mass is 16.1. The van der Waals surface area contributed by atoms with Gasteiger partial charge in [-0.3, -0.25) is 14.6 Å². The van der Waals surface area contributed by atoms with Crippen LogP contribution in [0.25, 0.3) is 0 Å². The Hall–Kier alpha value is -0.990. The van der Waals surface area contributed by atoms with Gasteiger partial charge in [0.25, 0.3) is 5.56 Å². The zero-order valence-corrected chi connectivity index (χ0v) is 12.9. The minimum absolute atomic E-state index is 0.257.